The Hall–Kier alpha value is -2.28. The topological polar surface area (TPSA) is 117 Å². The molecule has 7 heteroatoms. The van der Waals surface area contributed by atoms with Crippen molar-refractivity contribution in [3.05, 3.63) is 24.3 Å². The summed E-state index contributed by atoms with van der Waals surface area (Å²) < 4.78 is 10.5. The van der Waals surface area contributed by atoms with Crippen LogP contribution >= 0.6 is 0 Å². The molecule has 1 atom stereocenters. The highest BCUT2D eigenvalue weighted by Crippen LogP contribution is 2.21. The molecule has 0 fully saturated rings. The molecule has 0 aliphatic rings. The van der Waals surface area contributed by atoms with E-state index in [2.05, 4.69) is 5.32 Å². The van der Waals surface area contributed by atoms with Crippen LogP contribution in [0.1, 0.15) is 40.0 Å². The predicted molar refractivity (Wildman–Crippen MR) is 92.6 cm³/mol. The fraction of sp³-hybridized carbons (Fsp3) is 0.529. The van der Waals surface area contributed by atoms with Gasteiger partial charge in [-0.05, 0) is 58.7 Å². The summed E-state index contributed by atoms with van der Waals surface area (Å²) in [6, 6.07) is 5.85. The van der Waals surface area contributed by atoms with Crippen LogP contribution in [0, 0.1) is 0 Å². The Balaban J connectivity index is 2.74. The van der Waals surface area contributed by atoms with Gasteiger partial charge in [-0.1, -0.05) is 12.1 Å². The average Bonchev–Trinajstić information content (AvgIpc) is 2.47. The van der Waals surface area contributed by atoms with Crippen molar-refractivity contribution in [1.82, 2.24) is 5.32 Å². The number of carbonyl (C=O) groups is 2. The van der Waals surface area contributed by atoms with Gasteiger partial charge in [0.1, 0.15) is 11.6 Å². The third-order valence-corrected chi connectivity index (χ3v) is 3.05. The molecule has 5 N–H and O–H groups in total. The molecule has 0 saturated carbocycles. The number of unbranched alkanes of at least 4 members (excludes halogenated alkanes) is 1. The average molecular weight is 337 g/mol. The highest BCUT2D eigenvalue weighted by atomic mass is 16.6. The van der Waals surface area contributed by atoms with Crippen molar-refractivity contribution >= 4 is 17.7 Å². The number of nitrogens with two attached hydrogens (primary N) is 2. The molecular weight excluding hydrogens is 310 g/mol. The number of hydrogen-bond acceptors (Lipinski definition) is 6. The van der Waals surface area contributed by atoms with Gasteiger partial charge in [0.05, 0.1) is 5.69 Å². The van der Waals surface area contributed by atoms with Gasteiger partial charge in [-0.25, -0.2) is 9.59 Å². The minimum absolute atomic E-state index is 0.261. The van der Waals surface area contributed by atoms with Gasteiger partial charge in [0.25, 0.3) is 0 Å². The summed E-state index contributed by atoms with van der Waals surface area (Å²) in [6.45, 7) is 5.76. The van der Waals surface area contributed by atoms with Crippen LogP contribution in [0.3, 0.4) is 0 Å². The maximum Gasteiger partial charge on any atom is 0.408 e. The van der Waals surface area contributed by atoms with Crippen LogP contribution in [0.25, 0.3) is 0 Å². The molecule has 1 rings (SSSR count). The molecule has 0 heterocycles. The number of anilines is 1. The van der Waals surface area contributed by atoms with E-state index in [4.69, 9.17) is 20.9 Å². The molecule has 0 bridgehead atoms. The molecule has 1 aromatic carbocycles. The van der Waals surface area contributed by atoms with E-state index in [1.807, 2.05) is 0 Å². The number of carbonyl (C=O) groups excluding carboxylic acids is 2. The SMILES string of the molecule is CC(C)(C)OC(=O)N[C@@H](CCCCN)C(=O)Oc1ccccc1N. The van der Waals surface area contributed by atoms with Gasteiger partial charge in [0.2, 0.25) is 0 Å². The molecule has 0 unspecified atom stereocenters. The van der Waals surface area contributed by atoms with Crippen molar-refractivity contribution in [2.75, 3.05) is 12.3 Å². The highest BCUT2D eigenvalue weighted by Gasteiger charge is 2.26. The molecule has 24 heavy (non-hydrogen) atoms. The first-order chi connectivity index (χ1) is 11.2. The van der Waals surface area contributed by atoms with Gasteiger partial charge in [0, 0.05) is 0 Å². The van der Waals surface area contributed by atoms with Crippen molar-refractivity contribution in [2.24, 2.45) is 5.73 Å². The van der Waals surface area contributed by atoms with Gasteiger partial charge < -0.3 is 26.3 Å². The van der Waals surface area contributed by atoms with E-state index in [-0.39, 0.29) is 5.75 Å². The second-order valence-corrected chi connectivity index (χ2v) is 6.44. The van der Waals surface area contributed by atoms with Gasteiger partial charge in [-0.2, -0.15) is 0 Å². The first kappa shape index (κ1) is 19.8. The number of nitrogens with one attached hydrogen (secondary N) is 1. The monoisotopic (exact) mass is 337 g/mol. The van der Waals surface area contributed by atoms with Crippen molar-refractivity contribution in [3.63, 3.8) is 0 Å². The van der Waals surface area contributed by atoms with Crippen LogP contribution in [-0.4, -0.2) is 30.3 Å². The van der Waals surface area contributed by atoms with E-state index >= 15 is 0 Å². The summed E-state index contributed by atoms with van der Waals surface area (Å²) >= 11 is 0. The van der Waals surface area contributed by atoms with E-state index in [1.54, 1.807) is 45.0 Å². The van der Waals surface area contributed by atoms with Crippen LogP contribution in [0.15, 0.2) is 24.3 Å². The van der Waals surface area contributed by atoms with Gasteiger partial charge in [-0.3, -0.25) is 0 Å². The van der Waals surface area contributed by atoms with Gasteiger partial charge in [0.15, 0.2) is 5.75 Å². The number of nitrogen functional groups attached to an aromatic ring is 1. The number of amides is 1. The number of benzene rings is 1. The molecule has 0 aliphatic heterocycles. The minimum Gasteiger partial charge on any atom is -0.444 e. The van der Waals surface area contributed by atoms with E-state index in [1.165, 1.54) is 0 Å². The van der Waals surface area contributed by atoms with Crippen LogP contribution < -0.4 is 21.5 Å². The number of ether oxygens (including phenoxy) is 2. The van der Waals surface area contributed by atoms with Crippen molar-refractivity contribution < 1.29 is 19.1 Å². The molecule has 1 aromatic rings. The lowest BCUT2D eigenvalue weighted by atomic mass is 10.1. The lowest BCUT2D eigenvalue weighted by molar-refractivity contribution is -0.137. The minimum atomic E-state index is -0.828. The third kappa shape index (κ3) is 7.32. The Labute approximate surface area is 142 Å². The number of esters is 1. The first-order valence-electron chi connectivity index (χ1n) is 7.98. The fourth-order valence-corrected chi connectivity index (χ4v) is 1.94. The van der Waals surface area contributed by atoms with E-state index in [0.717, 1.165) is 6.42 Å². The molecule has 0 spiro atoms. The largest absolute Gasteiger partial charge is 0.444 e. The van der Waals surface area contributed by atoms with Gasteiger partial charge in [-0.15, -0.1) is 0 Å². The van der Waals surface area contributed by atoms with Crippen LogP contribution in [0.5, 0.6) is 5.75 Å². The quantitative estimate of drug-likeness (QED) is 0.304. The normalized spacial score (nSPS) is 12.3. The zero-order chi connectivity index (χ0) is 18.2. The second kappa shape index (κ2) is 9.12. The first-order valence-corrected chi connectivity index (χ1v) is 7.98. The molecule has 1 amide bonds. The third-order valence-electron chi connectivity index (χ3n) is 3.05. The summed E-state index contributed by atoms with van der Waals surface area (Å²) in [5.41, 5.74) is 10.9. The summed E-state index contributed by atoms with van der Waals surface area (Å²) in [6.07, 6.45) is 1.16. The van der Waals surface area contributed by atoms with Crippen molar-refractivity contribution in [3.8, 4) is 5.75 Å². The van der Waals surface area contributed by atoms with Crippen LogP contribution in [0.2, 0.25) is 0 Å². The zero-order valence-corrected chi connectivity index (χ0v) is 14.5. The number of alkyl carbamates (subject to hydrolysis) is 1. The summed E-state index contributed by atoms with van der Waals surface area (Å²) in [5, 5.41) is 2.55. The number of hydrogen-bond donors (Lipinski definition) is 3. The van der Waals surface area contributed by atoms with E-state index < -0.39 is 23.7 Å². The maximum absolute atomic E-state index is 12.4. The van der Waals surface area contributed by atoms with E-state index in [9.17, 15) is 9.59 Å². The fourth-order valence-electron chi connectivity index (χ4n) is 1.94. The Morgan fingerprint density at radius 3 is 2.46 bits per heavy atom. The molecule has 134 valence electrons. The summed E-state index contributed by atoms with van der Waals surface area (Å²) in [5.74, 6) is -0.326. The second-order valence-electron chi connectivity index (χ2n) is 6.44. The van der Waals surface area contributed by atoms with Crippen molar-refractivity contribution in [1.29, 1.82) is 0 Å². The Morgan fingerprint density at radius 2 is 1.88 bits per heavy atom. The molecule has 0 aliphatic carbocycles. The molecular formula is C17H27N3O4. The number of para-hydroxylation sites is 2. The smallest absolute Gasteiger partial charge is 0.408 e. The van der Waals surface area contributed by atoms with E-state index in [0.29, 0.717) is 25.1 Å². The Morgan fingerprint density at radius 1 is 1.21 bits per heavy atom. The standard InChI is InChI=1S/C17H27N3O4/c1-17(2,3)24-16(22)20-13(9-6-7-11-18)15(21)23-14-10-5-4-8-12(14)19/h4-5,8,10,13H,6-7,9,11,18-19H2,1-3H3,(H,20,22)/t13-/m0/s1. The Bertz CT molecular complexity index is 555. The molecule has 7 nitrogen and oxygen atoms in total. The lowest BCUT2D eigenvalue weighted by Crippen LogP contribution is -2.45. The molecule has 0 aromatic heterocycles. The van der Waals surface area contributed by atoms with Crippen LogP contribution in [0.4, 0.5) is 10.5 Å². The van der Waals surface area contributed by atoms with Crippen LogP contribution in [-0.2, 0) is 9.53 Å². The summed E-state index contributed by atoms with van der Waals surface area (Å²) in [4.78, 5) is 24.3. The van der Waals surface area contributed by atoms with Gasteiger partial charge >= 0.3 is 12.1 Å². The number of rotatable bonds is 7. The molecule has 0 saturated heterocycles. The molecule has 0 radical (unpaired) electrons. The predicted octanol–water partition coefficient (Wildman–Crippen LogP) is 2.20. The summed E-state index contributed by atoms with van der Waals surface area (Å²) in [7, 11) is 0. The Kier molecular flexibility index (Phi) is 7.51. The highest BCUT2D eigenvalue weighted by molar-refractivity contribution is 5.83. The maximum atomic E-state index is 12.4. The lowest BCUT2D eigenvalue weighted by Gasteiger charge is -2.23. The van der Waals surface area contributed by atoms with Crippen molar-refractivity contribution in [2.45, 2.75) is 51.7 Å². The zero-order valence-electron chi connectivity index (χ0n) is 14.5.